The molecular weight excluding hydrogens is 248 g/mol. The molecule has 1 atom stereocenters. The Bertz CT molecular complexity index is 297. The van der Waals surface area contributed by atoms with E-state index < -0.39 is 0 Å². The topological polar surface area (TPSA) is 35.5 Å². The van der Waals surface area contributed by atoms with E-state index in [1.165, 1.54) is 83.8 Å². The fourth-order valence-corrected chi connectivity index (χ4v) is 4.25. The van der Waals surface area contributed by atoms with Crippen LogP contribution in [-0.2, 0) is 0 Å². The van der Waals surface area contributed by atoms with Crippen LogP contribution in [0.5, 0.6) is 0 Å². The largest absolute Gasteiger partial charge is 0.395 e. The molecule has 0 bridgehead atoms. The lowest BCUT2D eigenvalue weighted by Crippen LogP contribution is -2.47. The van der Waals surface area contributed by atoms with E-state index in [4.69, 9.17) is 0 Å². The molecule has 3 heteroatoms. The minimum Gasteiger partial charge on any atom is -0.395 e. The van der Waals surface area contributed by atoms with Crippen molar-refractivity contribution in [3.05, 3.63) is 0 Å². The standard InChI is InChI=1S/C17H32N2O/c20-12-16-6-2-1-5-11-19(16)14-17(9-3-4-10-17)13-18-15-7-8-15/h15-16,18,20H,1-14H2. The molecule has 2 saturated carbocycles. The summed E-state index contributed by atoms with van der Waals surface area (Å²) in [6.45, 7) is 3.99. The van der Waals surface area contributed by atoms with Crippen LogP contribution in [0.3, 0.4) is 0 Å². The second kappa shape index (κ2) is 6.76. The third kappa shape index (κ3) is 3.75. The summed E-state index contributed by atoms with van der Waals surface area (Å²) in [6, 6.07) is 1.25. The molecule has 0 spiro atoms. The maximum Gasteiger partial charge on any atom is 0.0586 e. The molecule has 0 amide bonds. The lowest BCUT2D eigenvalue weighted by atomic mass is 9.84. The van der Waals surface area contributed by atoms with Crippen molar-refractivity contribution < 1.29 is 5.11 Å². The van der Waals surface area contributed by atoms with E-state index in [0.29, 0.717) is 18.1 Å². The summed E-state index contributed by atoms with van der Waals surface area (Å²) in [5.41, 5.74) is 0.500. The highest BCUT2D eigenvalue weighted by atomic mass is 16.3. The Morgan fingerprint density at radius 1 is 1.00 bits per heavy atom. The zero-order chi connectivity index (χ0) is 13.8. The predicted molar refractivity (Wildman–Crippen MR) is 82.8 cm³/mol. The van der Waals surface area contributed by atoms with Gasteiger partial charge in [0.15, 0.2) is 0 Å². The van der Waals surface area contributed by atoms with Crippen molar-refractivity contribution in [2.75, 3.05) is 26.2 Å². The molecule has 3 rings (SSSR count). The molecule has 1 aliphatic heterocycles. The zero-order valence-corrected chi connectivity index (χ0v) is 12.9. The maximum absolute atomic E-state index is 9.72. The molecule has 3 fully saturated rings. The van der Waals surface area contributed by atoms with E-state index >= 15 is 0 Å². The van der Waals surface area contributed by atoms with E-state index in [2.05, 4.69) is 10.2 Å². The number of nitrogens with one attached hydrogen (secondary N) is 1. The first kappa shape index (κ1) is 14.8. The smallest absolute Gasteiger partial charge is 0.0586 e. The second-order valence-corrected chi connectivity index (χ2v) is 7.52. The fraction of sp³-hybridized carbons (Fsp3) is 1.00. The molecule has 2 aliphatic carbocycles. The molecule has 20 heavy (non-hydrogen) atoms. The number of hydrogen-bond acceptors (Lipinski definition) is 3. The van der Waals surface area contributed by atoms with Gasteiger partial charge in [-0.1, -0.05) is 25.7 Å². The minimum atomic E-state index is 0.353. The van der Waals surface area contributed by atoms with Gasteiger partial charge in [0.2, 0.25) is 0 Å². The monoisotopic (exact) mass is 280 g/mol. The van der Waals surface area contributed by atoms with Crippen LogP contribution in [0.25, 0.3) is 0 Å². The van der Waals surface area contributed by atoms with Crippen LogP contribution in [0.1, 0.15) is 64.2 Å². The summed E-state index contributed by atoms with van der Waals surface area (Å²) >= 11 is 0. The molecule has 1 saturated heterocycles. The molecule has 1 heterocycles. The van der Waals surface area contributed by atoms with Gasteiger partial charge in [-0.05, 0) is 50.5 Å². The van der Waals surface area contributed by atoms with Gasteiger partial charge in [-0.2, -0.15) is 0 Å². The van der Waals surface area contributed by atoms with E-state index in [1.807, 2.05) is 0 Å². The molecule has 2 N–H and O–H groups in total. The molecular formula is C17H32N2O. The summed E-state index contributed by atoms with van der Waals surface area (Å²) in [6.07, 6.45) is 13.5. The normalized spacial score (nSPS) is 31.4. The predicted octanol–water partition coefficient (Wildman–Crippen LogP) is 2.54. The molecule has 0 aromatic carbocycles. The quantitative estimate of drug-likeness (QED) is 0.785. The Morgan fingerprint density at radius 2 is 1.80 bits per heavy atom. The highest BCUT2D eigenvalue weighted by Gasteiger charge is 2.38. The van der Waals surface area contributed by atoms with Crippen LogP contribution in [-0.4, -0.2) is 48.3 Å². The lowest BCUT2D eigenvalue weighted by molar-refractivity contribution is 0.0746. The number of nitrogens with zero attached hydrogens (tertiary/aromatic N) is 1. The first-order valence-corrected chi connectivity index (χ1v) is 8.90. The average Bonchev–Trinajstić information content (AvgIpc) is 3.22. The third-order valence-electron chi connectivity index (χ3n) is 5.76. The number of likely N-dealkylation sites (tertiary alicyclic amines) is 1. The molecule has 0 aromatic heterocycles. The Hall–Kier alpha value is -0.120. The maximum atomic E-state index is 9.72. The first-order chi connectivity index (χ1) is 9.81. The van der Waals surface area contributed by atoms with Crippen molar-refractivity contribution >= 4 is 0 Å². The Kier molecular flexibility index (Phi) is 5.00. The van der Waals surface area contributed by atoms with Crippen LogP contribution in [0, 0.1) is 5.41 Å². The first-order valence-electron chi connectivity index (χ1n) is 8.90. The fourth-order valence-electron chi connectivity index (χ4n) is 4.25. The molecule has 0 radical (unpaired) electrons. The van der Waals surface area contributed by atoms with Gasteiger partial charge in [0, 0.05) is 25.2 Å². The SMILES string of the molecule is OCC1CCCCCN1CC1(CNC2CC2)CCCC1. The number of aliphatic hydroxyl groups excluding tert-OH is 1. The van der Waals surface area contributed by atoms with E-state index in [1.54, 1.807) is 0 Å². The molecule has 0 aromatic rings. The van der Waals surface area contributed by atoms with E-state index in [9.17, 15) is 5.11 Å². The van der Waals surface area contributed by atoms with Gasteiger partial charge in [0.05, 0.1) is 6.61 Å². The van der Waals surface area contributed by atoms with Crippen molar-refractivity contribution in [2.45, 2.75) is 76.3 Å². The van der Waals surface area contributed by atoms with Gasteiger partial charge in [-0.15, -0.1) is 0 Å². The summed E-state index contributed by atoms with van der Waals surface area (Å²) in [5.74, 6) is 0. The Balaban J connectivity index is 1.60. The summed E-state index contributed by atoms with van der Waals surface area (Å²) in [7, 11) is 0. The van der Waals surface area contributed by atoms with Gasteiger partial charge in [-0.25, -0.2) is 0 Å². The van der Waals surface area contributed by atoms with Gasteiger partial charge < -0.3 is 10.4 Å². The highest BCUT2D eigenvalue weighted by Crippen LogP contribution is 2.40. The van der Waals surface area contributed by atoms with Crippen LogP contribution in [0.15, 0.2) is 0 Å². The van der Waals surface area contributed by atoms with Gasteiger partial charge in [0.25, 0.3) is 0 Å². The number of hydrogen-bond donors (Lipinski definition) is 2. The summed E-state index contributed by atoms with van der Waals surface area (Å²) in [5, 5.41) is 13.5. The summed E-state index contributed by atoms with van der Waals surface area (Å²) in [4.78, 5) is 2.63. The van der Waals surface area contributed by atoms with Crippen LogP contribution >= 0.6 is 0 Å². The molecule has 116 valence electrons. The zero-order valence-electron chi connectivity index (χ0n) is 12.9. The van der Waals surface area contributed by atoms with Gasteiger partial charge >= 0.3 is 0 Å². The van der Waals surface area contributed by atoms with Gasteiger partial charge in [-0.3, -0.25) is 4.90 Å². The van der Waals surface area contributed by atoms with Crippen molar-refractivity contribution in [3.8, 4) is 0 Å². The van der Waals surface area contributed by atoms with E-state index in [0.717, 1.165) is 6.04 Å². The lowest BCUT2D eigenvalue weighted by Gasteiger charge is -2.38. The third-order valence-corrected chi connectivity index (χ3v) is 5.76. The molecule has 3 aliphatic rings. The number of aliphatic hydroxyl groups is 1. The summed E-state index contributed by atoms with van der Waals surface area (Å²) < 4.78 is 0. The molecule has 3 nitrogen and oxygen atoms in total. The van der Waals surface area contributed by atoms with Crippen LogP contribution in [0.4, 0.5) is 0 Å². The Morgan fingerprint density at radius 3 is 2.50 bits per heavy atom. The molecule has 1 unspecified atom stereocenters. The van der Waals surface area contributed by atoms with Crippen LogP contribution in [0.2, 0.25) is 0 Å². The van der Waals surface area contributed by atoms with Crippen LogP contribution < -0.4 is 5.32 Å². The van der Waals surface area contributed by atoms with Crippen molar-refractivity contribution in [1.29, 1.82) is 0 Å². The Labute approximate surface area is 124 Å². The van der Waals surface area contributed by atoms with Crippen molar-refractivity contribution in [3.63, 3.8) is 0 Å². The second-order valence-electron chi connectivity index (χ2n) is 7.52. The van der Waals surface area contributed by atoms with Crippen molar-refractivity contribution in [2.24, 2.45) is 5.41 Å². The van der Waals surface area contributed by atoms with E-state index in [-0.39, 0.29) is 0 Å². The minimum absolute atomic E-state index is 0.353. The average molecular weight is 280 g/mol. The number of rotatable bonds is 6. The highest BCUT2D eigenvalue weighted by molar-refractivity contribution is 4.94. The van der Waals surface area contributed by atoms with Crippen molar-refractivity contribution in [1.82, 2.24) is 10.2 Å². The van der Waals surface area contributed by atoms with Gasteiger partial charge in [0.1, 0.15) is 0 Å².